The van der Waals surface area contributed by atoms with Gasteiger partial charge in [-0.3, -0.25) is 0 Å². The molecule has 1 aromatic heterocycles. The van der Waals surface area contributed by atoms with Crippen molar-refractivity contribution in [1.29, 1.82) is 0 Å². The summed E-state index contributed by atoms with van der Waals surface area (Å²) in [5, 5.41) is 5.67. The van der Waals surface area contributed by atoms with Crippen molar-refractivity contribution in [2.24, 2.45) is 0 Å². The second-order valence-corrected chi connectivity index (χ2v) is 9.41. The van der Waals surface area contributed by atoms with Crippen molar-refractivity contribution in [3.63, 3.8) is 0 Å². The summed E-state index contributed by atoms with van der Waals surface area (Å²) in [5.74, 6) is 2.47. The van der Waals surface area contributed by atoms with Gasteiger partial charge < -0.3 is 0 Å². The standard InChI is InChI=1S/C19H27AsN4O4/c1-26-15-9-12-13(10-16(15)27-2)23-17(24-18(12)21)11-20-6-4-7-22-19(25)14-5-3-8-28-14/h9-10,14,20H,3-8,11H2,1-2H3,(H,22,25)(H2,21,23,24). The van der Waals surface area contributed by atoms with E-state index in [2.05, 4.69) is 15.3 Å². The van der Waals surface area contributed by atoms with Gasteiger partial charge in [0.05, 0.1) is 0 Å². The van der Waals surface area contributed by atoms with Gasteiger partial charge in [0.15, 0.2) is 0 Å². The predicted octanol–water partition coefficient (Wildman–Crippen LogP) is 1.27. The molecule has 3 N–H and O–H groups in total. The summed E-state index contributed by atoms with van der Waals surface area (Å²) < 4.78 is 16.0. The van der Waals surface area contributed by atoms with Gasteiger partial charge in [0.2, 0.25) is 0 Å². The topological polar surface area (TPSA) is 109 Å². The first-order valence-corrected chi connectivity index (χ1v) is 12.4. The normalized spacial score (nSPS) is 16.7. The molecule has 0 spiro atoms. The minimum absolute atomic E-state index is 0.0208. The summed E-state index contributed by atoms with van der Waals surface area (Å²) in [6.45, 7) is 1.39. The first-order valence-electron chi connectivity index (χ1n) is 9.40. The van der Waals surface area contributed by atoms with Crippen molar-refractivity contribution in [2.45, 2.75) is 35.8 Å². The molecule has 1 aliphatic rings. The minimum atomic E-state index is -0.249. The van der Waals surface area contributed by atoms with Crippen molar-refractivity contribution >= 4 is 38.4 Å². The van der Waals surface area contributed by atoms with Crippen LogP contribution in [0.15, 0.2) is 12.1 Å². The molecule has 3 rings (SSSR count). The number of benzene rings is 1. The Labute approximate surface area is 171 Å². The van der Waals surface area contributed by atoms with Gasteiger partial charge in [-0.2, -0.15) is 0 Å². The molecule has 1 saturated heterocycles. The van der Waals surface area contributed by atoms with Gasteiger partial charge in [-0.1, -0.05) is 0 Å². The molecule has 152 valence electrons. The van der Waals surface area contributed by atoms with Crippen LogP contribution in [-0.4, -0.2) is 65.1 Å². The van der Waals surface area contributed by atoms with Crippen molar-refractivity contribution in [2.75, 3.05) is 33.1 Å². The SMILES string of the molecule is COc1cc2nc(C[AsH]CCCNC(=O)C3CCCO3)nc(N)c2cc1OC. The summed E-state index contributed by atoms with van der Waals surface area (Å²) >= 11 is -0.248. The zero-order valence-corrected chi connectivity index (χ0v) is 18.4. The average Bonchev–Trinajstić information content (AvgIpc) is 3.24. The molecule has 0 radical (unpaired) electrons. The van der Waals surface area contributed by atoms with Crippen LogP contribution in [0.5, 0.6) is 11.5 Å². The Morgan fingerprint density at radius 3 is 2.82 bits per heavy atom. The van der Waals surface area contributed by atoms with Crippen molar-refractivity contribution in [1.82, 2.24) is 15.3 Å². The number of carbonyl (C=O) groups excluding carboxylic acids is 1. The van der Waals surface area contributed by atoms with Crippen LogP contribution in [0.1, 0.15) is 25.1 Å². The summed E-state index contributed by atoms with van der Waals surface area (Å²) in [5.41, 5.74) is 6.88. The second kappa shape index (κ2) is 9.94. The first kappa shape index (κ1) is 20.7. The van der Waals surface area contributed by atoms with E-state index in [1.54, 1.807) is 20.3 Å². The van der Waals surface area contributed by atoms with Crippen LogP contribution in [0, 0.1) is 0 Å². The fourth-order valence-corrected chi connectivity index (χ4v) is 5.20. The molecule has 9 heteroatoms. The van der Waals surface area contributed by atoms with Crippen molar-refractivity contribution in [3.8, 4) is 11.5 Å². The van der Waals surface area contributed by atoms with Crippen LogP contribution in [0.4, 0.5) is 5.82 Å². The van der Waals surface area contributed by atoms with E-state index in [0.29, 0.717) is 30.5 Å². The van der Waals surface area contributed by atoms with Gasteiger partial charge in [-0.25, -0.2) is 0 Å². The Balaban J connectivity index is 1.49. The third-order valence-corrected chi connectivity index (χ3v) is 7.28. The predicted molar refractivity (Wildman–Crippen MR) is 109 cm³/mol. The molecule has 1 aliphatic heterocycles. The second-order valence-electron chi connectivity index (χ2n) is 6.57. The zero-order chi connectivity index (χ0) is 19.9. The fourth-order valence-electron chi connectivity index (χ4n) is 3.13. The van der Waals surface area contributed by atoms with Crippen LogP contribution in [0.2, 0.25) is 5.21 Å². The number of nitrogens with zero attached hydrogens (tertiary/aromatic N) is 2. The third-order valence-electron chi connectivity index (χ3n) is 4.61. The molecule has 1 amide bonds. The molecule has 0 saturated carbocycles. The van der Waals surface area contributed by atoms with Gasteiger partial charge in [0.25, 0.3) is 0 Å². The number of methoxy groups -OCH3 is 2. The number of hydrogen-bond donors (Lipinski definition) is 2. The van der Waals surface area contributed by atoms with E-state index in [1.165, 1.54) is 0 Å². The van der Waals surface area contributed by atoms with Crippen LogP contribution in [0.25, 0.3) is 10.9 Å². The maximum absolute atomic E-state index is 11.9. The number of ether oxygens (including phenoxy) is 3. The van der Waals surface area contributed by atoms with Crippen LogP contribution < -0.4 is 20.5 Å². The average molecular weight is 450 g/mol. The molecule has 0 bridgehead atoms. The number of nitrogens with one attached hydrogen (secondary N) is 1. The molecule has 8 nitrogen and oxygen atoms in total. The van der Waals surface area contributed by atoms with Gasteiger partial charge in [0, 0.05) is 0 Å². The molecule has 1 fully saturated rings. The monoisotopic (exact) mass is 450 g/mol. The summed E-state index contributed by atoms with van der Waals surface area (Å²) in [6.07, 6.45) is 2.52. The quantitative estimate of drug-likeness (QED) is 0.438. The molecule has 2 heterocycles. The number of hydrogen-bond acceptors (Lipinski definition) is 7. The van der Waals surface area contributed by atoms with Crippen LogP contribution in [-0.2, 0) is 14.7 Å². The van der Waals surface area contributed by atoms with Gasteiger partial charge in [-0.15, -0.1) is 0 Å². The van der Waals surface area contributed by atoms with E-state index >= 15 is 0 Å². The van der Waals surface area contributed by atoms with E-state index < -0.39 is 0 Å². The number of carbonyl (C=O) groups is 1. The summed E-state index contributed by atoms with van der Waals surface area (Å²) in [6, 6.07) is 3.64. The molecule has 1 aromatic carbocycles. The van der Waals surface area contributed by atoms with Crippen LogP contribution in [0.3, 0.4) is 0 Å². The van der Waals surface area contributed by atoms with E-state index in [4.69, 9.17) is 19.9 Å². The van der Waals surface area contributed by atoms with Crippen LogP contribution >= 0.6 is 0 Å². The number of anilines is 1. The van der Waals surface area contributed by atoms with E-state index in [0.717, 1.165) is 46.4 Å². The maximum atomic E-state index is 11.9. The third kappa shape index (κ3) is 5.06. The van der Waals surface area contributed by atoms with E-state index in [9.17, 15) is 4.79 Å². The molecule has 2 unspecified atom stereocenters. The number of fused-ring (bicyclic) bond motifs is 1. The van der Waals surface area contributed by atoms with Gasteiger partial charge in [-0.05, 0) is 0 Å². The number of amides is 1. The number of nitrogen functional groups attached to an aromatic ring is 1. The first-order chi connectivity index (χ1) is 13.6. The fraction of sp³-hybridized carbons (Fsp3) is 0.526. The Morgan fingerprint density at radius 1 is 1.32 bits per heavy atom. The molecule has 0 aliphatic carbocycles. The van der Waals surface area contributed by atoms with Gasteiger partial charge >= 0.3 is 171 Å². The molecular weight excluding hydrogens is 423 g/mol. The zero-order valence-electron chi connectivity index (χ0n) is 16.3. The number of aromatic nitrogens is 2. The van der Waals surface area contributed by atoms with Gasteiger partial charge in [0.1, 0.15) is 0 Å². The molecule has 2 atom stereocenters. The van der Waals surface area contributed by atoms with E-state index in [1.807, 2.05) is 6.07 Å². The van der Waals surface area contributed by atoms with E-state index in [-0.39, 0.29) is 27.8 Å². The van der Waals surface area contributed by atoms with Crippen molar-refractivity contribution in [3.05, 3.63) is 18.0 Å². The number of rotatable bonds is 9. The Morgan fingerprint density at radius 2 is 2.11 bits per heavy atom. The molecule has 2 aromatic rings. The Kier molecular flexibility index (Phi) is 7.34. The molecule has 28 heavy (non-hydrogen) atoms. The van der Waals surface area contributed by atoms with Crippen molar-refractivity contribution < 1.29 is 19.0 Å². The Hall–Kier alpha value is -2.05. The Bertz CT molecular complexity index is 827. The molecular formula is C19H27AsN4O4. The number of nitrogens with two attached hydrogens (primary N) is 1. The summed E-state index contributed by atoms with van der Waals surface area (Å²) in [7, 11) is 3.18. The summed E-state index contributed by atoms with van der Waals surface area (Å²) in [4.78, 5) is 21.0.